The van der Waals surface area contributed by atoms with Crippen LogP contribution in [0.1, 0.15) is 0 Å². The van der Waals surface area contributed by atoms with E-state index in [0.29, 0.717) is 0 Å². The van der Waals surface area contributed by atoms with Gasteiger partial charge in [0.05, 0.1) is 0 Å². The van der Waals surface area contributed by atoms with Gasteiger partial charge in [0.15, 0.2) is 4.30 Å². The molecule has 0 fully saturated rings. The number of rotatable bonds is 0. The molecule has 0 aliphatic heterocycles. The van der Waals surface area contributed by atoms with Gasteiger partial charge in [0.2, 0.25) is 0 Å². The third kappa shape index (κ3) is 7.92. The minimum Gasteiger partial charge on any atom is -0.135 e. The second-order valence-corrected chi connectivity index (χ2v) is 20.7. The highest BCUT2D eigenvalue weighted by Gasteiger charge is 2.15. The number of thiophene rings is 2. The fourth-order valence-electron chi connectivity index (χ4n) is 8.31. The number of hydrogen-bond acceptors (Lipinski definition) is 2. The molecule has 2 aromatic heterocycles. The molecular weight excluding hydrogens is 1160 g/mol. The van der Waals surface area contributed by atoms with Gasteiger partial charge < -0.3 is 0 Å². The lowest BCUT2D eigenvalue weighted by molar-refractivity contribution is 1.74. The van der Waals surface area contributed by atoms with Gasteiger partial charge in [0, 0.05) is 82.0 Å². The van der Waals surface area contributed by atoms with Gasteiger partial charge in [-0.2, -0.15) is 0 Å². The molecule has 0 amide bonds. The van der Waals surface area contributed by atoms with Crippen molar-refractivity contribution in [3.63, 3.8) is 0 Å². The van der Waals surface area contributed by atoms with Crippen molar-refractivity contribution in [2.24, 2.45) is 0 Å². The molecule has 12 rings (SSSR count). The minimum absolute atomic E-state index is 0.750. The normalized spacial score (nSPS) is 11.5. The van der Waals surface area contributed by atoms with E-state index < -0.39 is 4.30 Å². The molecule has 12 aromatic rings. The van der Waals surface area contributed by atoms with Crippen molar-refractivity contribution in [3.05, 3.63) is 165 Å². The molecule has 0 spiro atoms. The molecular formula is C49H26Br5Cl3S2. The standard InChI is InChI=1S/C24H12Br2S.C24H13BrS.CHCl3.Br2/c25-13-5-7-17-18(9-13)15-3-1-2-4-16(15)19-11-22-21-10-14(26)6-8-23(21)27-24(22)12-20(17)19;25-14-9-10-17-19(11-14)15-5-1-2-6-16(15)20-12-22-18-7-3-4-8-23(18)26-24(22)13-21(17)20;2-1(3)4;1-2/h1-12H;1-13H;1H;. The number of fused-ring (bicyclic) bond motifs is 18. The van der Waals surface area contributed by atoms with Crippen LogP contribution in [0.2, 0.25) is 0 Å². The van der Waals surface area contributed by atoms with E-state index in [4.69, 9.17) is 34.8 Å². The molecule has 0 unspecified atom stereocenters. The van der Waals surface area contributed by atoms with Gasteiger partial charge in [-0.05, 0) is 137 Å². The minimum atomic E-state index is -0.750. The molecule has 0 aliphatic carbocycles. The van der Waals surface area contributed by atoms with Crippen LogP contribution in [0.25, 0.3) is 105 Å². The van der Waals surface area contributed by atoms with E-state index in [9.17, 15) is 0 Å². The summed E-state index contributed by atoms with van der Waals surface area (Å²) in [6.45, 7) is 0. The van der Waals surface area contributed by atoms with Crippen molar-refractivity contribution in [2.45, 2.75) is 4.30 Å². The van der Waals surface area contributed by atoms with Gasteiger partial charge in [0.1, 0.15) is 0 Å². The summed E-state index contributed by atoms with van der Waals surface area (Å²) < 4.78 is 8.01. The maximum atomic E-state index is 4.81. The number of alkyl halides is 3. The van der Waals surface area contributed by atoms with E-state index in [0.717, 1.165) is 13.4 Å². The molecule has 0 bridgehead atoms. The average Bonchev–Trinajstić information content (AvgIpc) is 3.80. The Labute approximate surface area is 403 Å². The van der Waals surface area contributed by atoms with Gasteiger partial charge in [0.25, 0.3) is 0 Å². The summed E-state index contributed by atoms with van der Waals surface area (Å²) in [5.74, 6) is 0. The van der Waals surface area contributed by atoms with Crippen molar-refractivity contribution in [1.82, 2.24) is 0 Å². The number of hydrogen-bond donors (Lipinski definition) is 0. The highest BCUT2D eigenvalue weighted by Crippen LogP contribution is 2.44. The topological polar surface area (TPSA) is 0 Å². The van der Waals surface area contributed by atoms with E-state index in [1.54, 1.807) is 0 Å². The van der Waals surface area contributed by atoms with E-state index >= 15 is 0 Å². The van der Waals surface area contributed by atoms with Crippen LogP contribution in [0.4, 0.5) is 0 Å². The molecule has 10 aromatic carbocycles. The van der Waals surface area contributed by atoms with Gasteiger partial charge in [-0.25, -0.2) is 0 Å². The van der Waals surface area contributed by atoms with Crippen molar-refractivity contribution in [1.29, 1.82) is 0 Å². The summed E-state index contributed by atoms with van der Waals surface area (Å²) in [6.07, 6.45) is 0. The summed E-state index contributed by atoms with van der Waals surface area (Å²) in [4.78, 5) is 0. The Kier molecular flexibility index (Phi) is 12.5. The Morgan fingerprint density at radius 1 is 0.288 bits per heavy atom. The molecule has 0 atom stereocenters. The smallest absolute Gasteiger partial charge is 0.135 e. The van der Waals surface area contributed by atoms with E-state index in [-0.39, 0.29) is 0 Å². The lowest BCUT2D eigenvalue weighted by Gasteiger charge is -2.11. The molecule has 0 saturated carbocycles. The highest BCUT2D eigenvalue weighted by atomic mass is 80.9. The van der Waals surface area contributed by atoms with Crippen molar-refractivity contribution >= 4 is 239 Å². The van der Waals surface area contributed by atoms with E-state index in [2.05, 4.69) is 228 Å². The maximum absolute atomic E-state index is 4.81. The van der Waals surface area contributed by atoms with Gasteiger partial charge >= 0.3 is 0 Å². The Hall–Kier alpha value is -2.53. The first-order chi connectivity index (χ1) is 28.7. The summed E-state index contributed by atoms with van der Waals surface area (Å²) in [5, 5.41) is 21.2. The predicted octanol–water partition coefficient (Wildman–Crippen LogP) is 21.0. The summed E-state index contributed by atoms with van der Waals surface area (Å²) in [7, 11) is 0. The lowest BCUT2D eigenvalue weighted by Crippen LogP contribution is -1.83. The first kappa shape index (κ1) is 41.8. The first-order valence-corrected chi connectivity index (χ1v) is 27.2. The van der Waals surface area contributed by atoms with Crippen molar-refractivity contribution < 1.29 is 0 Å². The van der Waals surface area contributed by atoms with Crippen LogP contribution in [-0.4, -0.2) is 4.30 Å². The van der Waals surface area contributed by atoms with Crippen LogP contribution in [0.3, 0.4) is 0 Å². The summed E-state index contributed by atoms with van der Waals surface area (Å²) in [5.41, 5.74) is 0. The number of benzene rings is 10. The summed E-state index contributed by atoms with van der Waals surface area (Å²) in [6, 6.07) is 55.6. The molecule has 0 aliphatic rings. The second kappa shape index (κ2) is 17.7. The largest absolute Gasteiger partial charge is 0.180 e. The summed E-state index contributed by atoms with van der Waals surface area (Å²) >= 11 is 34.6. The highest BCUT2D eigenvalue weighted by molar-refractivity contribution is 9.93. The third-order valence-electron chi connectivity index (χ3n) is 10.6. The van der Waals surface area contributed by atoms with Crippen LogP contribution in [-0.2, 0) is 0 Å². The van der Waals surface area contributed by atoms with Gasteiger partial charge in [-0.1, -0.05) is 161 Å². The Balaban J connectivity index is 0.000000135. The molecule has 0 radical (unpaired) electrons. The monoisotopic (exact) mass is 1180 g/mol. The predicted molar refractivity (Wildman–Crippen MR) is 286 cm³/mol. The van der Waals surface area contributed by atoms with Crippen molar-refractivity contribution in [3.8, 4) is 0 Å². The molecule has 10 heteroatoms. The van der Waals surface area contributed by atoms with Crippen LogP contribution in [0.5, 0.6) is 0 Å². The van der Waals surface area contributed by atoms with Crippen LogP contribution < -0.4 is 0 Å². The number of halogens is 8. The molecule has 2 heterocycles. The lowest BCUT2D eigenvalue weighted by atomic mass is 9.93. The van der Waals surface area contributed by atoms with Gasteiger partial charge in [-0.3, -0.25) is 0 Å². The third-order valence-corrected chi connectivity index (χ3v) is 14.4. The molecule has 0 N–H and O–H groups in total. The zero-order valence-electron chi connectivity index (χ0n) is 30.4. The molecule has 0 nitrogen and oxygen atoms in total. The Morgan fingerprint density at radius 3 is 1.03 bits per heavy atom. The zero-order valence-corrected chi connectivity index (χ0v) is 42.2. The maximum Gasteiger partial charge on any atom is 0.180 e. The van der Waals surface area contributed by atoms with E-state index in [1.165, 1.54) is 105 Å². The van der Waals surface area contributed by atoms with Crippen LogP contribution in [0, 0.1) is 0 Å². The Bertz CT molecular complexity index is 3580. The fraction of sp³-hybridized carbons (Fsp3) is 0.0204. The Morgan fingerprint density at radius 2 is 0.576 bits per heavy atom. The van der Waals surface area contributed by atoms with Gasteiger partial charge in [-0.15, -0.1) is 22.7 Å². The molecule has 59 heavy (non-hydrogen) atoms. The SMILES string of the molecule is BrBr.Brc1ccc2c(c1)c1ccccc1c1cc3c(cc21)sc1ccccc13.Brc1ccc2sc3cc4c5ccc(Br)cc5c5ccccc5c4cc3c2c1.ClC(Cl)Cl. The zero-order chi connectivity index (χ0) is 40.9. The quantitative estimate of drug-likeness (QED) is 0.105. The molecule has 0 saturated heterocycles. The van der Waals surface area contributed by atoms with Crippen LogP contribution in [0.15, 0.2) is 165 Å². The van der Waals surface area contributed by atoms with E-state index in [1.807, 2.05) is 22.7 Å². The molecule has 290 valence electrons. The van der Waals surface area contributed by atoms with Crippen LogP contribution >= 0.6 is 134 Å². The average molecular weight is 1180 g/mol. The second-order valence-electron chi connectivity index (χ2n) is 13.8. The first-order valence-electron chi connectivity index (χ1n) is 18.2. The van der Waals surface area contributed by atoms with Crippen molar-refractivity contribution in [2.75, 3.05) is 0 Å². The fourth-order valence-corrected chi connectivity index (χ4v) is 11.6.